The van der Waals surface area contributed by atoms with Gasteiger partial charge in [-0.2, -0.15) is 0 Å². The van der Waals surface area contributed by atoms with E-state index in [1.807, 2.05) is 6.07 Å². The predicted molar refractivity (Wildman–Crippen MR) is 73.5 cm³/mol. The van der Waals surface area contributed by atoms with Crippen molar-refractivity contribution in [3.8, 4) is 0 Å². The Morgan fingerprint density at radius 2 is 1.86 bits per heavy atom. The number of rotatable bonds is 4. The van der Waals surface area contributed by atoms with Crippen molar-refractivity contribution in [1.82, 2.24) is 5.32 Å². The SMILES string of the molecule is O=C(N[C@H]1[C@H](O)[C@H](O)[C@H](CO)O[C@H]1O)OCc1ccccc1. The summed E-state index contributed by atoms with van der Waals surface area (Å²) in [4.78, 5) is 11.7. The number of nitrogens with one attached hydrogen (secondary N) is 1. The van der Waals surface area contributed by atoms with E-state index in [-0.39, 0.29) is 6.61 Å². The Morgan fingerprint density at radius 1 is 1.18 bits per heavy atom. The van der Waals surface area contributed by atoms with E-state index in [4.69, 9.17) is 14.6 Å². The van der Waals surface area contributed by atoms with Gasteiger partial charge in [0.25, 0.3) is 0 Å². The summed E-state index contributed by atoms with van der Waals surface area (Å²) in [5.41, 5.74) is 0.777. The molecule has 5 atom stereocenters. The Balaban J connectivity index is 1.87. The van der Waals surface area contributed by atoms with Crippen LogP contribution in [0.2, 0.25) is 0 Å². The van der Waals surface area contributed by atoms with Gasteiger partial charge in [0, 0.05) is 0 Å². The lowest BCUT2D eigenvalue weighted by Gasteiger charge is -2.39. The van der Waals surface area contributed by atoms with Crippen molar-refractivity contribution in [1.29, 1.82) is 0 Å². The molecule has 1 heterocycles. The molecule has 1 amide bonds. The molecule has 1 aliphatic heterocycles. The van der Waals surface area contributed by atoms with E-state index >= 15 is 0 Å². The number of carbonyl (C=O) groups is 1. The van der Waals surface area contributed by atoms with Gasteiger partial charge in [0.2, 0.25) is 0 Å². The van der Waals surface area contributed by atoms with Gasteiger partial charge in [-0.3, -0.25) is 0 Å². The number of aliphatic hydroxyl groups excluding tert-OH is 4. The molecule has 1 aromatic rings. The molecule has 1 saturated heterocycles. The molecule has 0 aromatic heterocycles. The Bertz CT molecular complexity index is 483. The number of alkyl carbamates (subject to hydrolysis) is 1. The van der Waals surface area contributed by atoms with Crippen LogP contribution in [0.1, 0.15) is 5.56 Å². The second-order valence-corrected chi connectivity index (χ2v) is 4.96. The summed E-state index contributed by atoms with van der Waals surface area (Å²) in [5, 5.41) is 40.5. The third kappa shape index (κ3) is 3.93. The van der Waals surface area contributed by atoms with Crippen LogP contribution < -0.4 is 5.32 Å². The summed E-state index contributed by atoms with van der Waals surface area (Å²) in [6.07, 6.45) is -6.49. The van der Waals surface area contributed by atoms with Gasteiger partial charge in [0.15, 0.2) is 6.29 Å². The normalized spacial score (nSPS) is 31.5. The topological polar surface area (TPSA) is 128 Å². The van der Waals surface area contributed by atoms with Gasteiger partial charge in [-0.1, -0.05) is 30.3 Å². The minimum absolute atomic E-state index is 0.0221. The molecule has 0 aliphatic carbocycles. The van der Waals surface area contributed by atoms with Gasteiger partial charge in [0.05, 0.1) is 6.61 Å². The first-order valence-corrected chi connectivity index (χ1v) is 6.80. The molecule has 122 valence electrons. The Labute approximate surface area is 126 Å². The highest BCUT2D eigenvalue weighted by Gasteiger charge is 2.44. The van der Waals surface area contributed by atoms with Crippen molar-refractivity contribution in [3.05, 3.63) is 35.9 Å². The summed E-state index contributed by atoms with van der Waals surface area (Å²) in [6.45, 7) is -0.547. The van der Waals surface area contributed by atoms with Crippen LogP contribution in [0.15, 0.2) is 30.3 Å². The fourth-order valence-electron chi connectivity index (χ4n) is 2.15. The molecule has 1 aromatic carbocycles. The highest BCUT2D eigenvalue weighted by molar-refractivity contribution is 5.67. The molecule has 8 nitrogen and oxygen atoms in total. The van der Waals surface area contributed by atoms with Crippen LogP contribution in [-0.2, 0) is 16.1 Å². The monoisotopic (exact) mass is 313 g/mol. The molecule has 0 radical (unpaired) electrons. The largest absolute Gasteiger partial charge is 0.445 e. The maximum Gasteiger partial charge on any atom is 0.407 e. The van der Waals surface area contributed by atoms with Crippen LogP contribution in [0.5, 0.6) is 0 Å². The second-order valence-electron chi connectivity index (χ2n) is 4.96. The number of carbonyl (C=O) groups excluding carboxylic acids is 1. The molecule has 0 saturated carbocycles. The Hall–Kier alpha value is -1.71. The van der Waals surface area contributed by atoms with Gasteiger partial charge in [-0.05, 0) is 5.56 Å². The first-order valence-electron chi connectivity index (χ1n) is 6.80. The van der Waals surface area contributed by atoms with Gasteiger partial charge >= 0.3 is 6.09 Å². The molecule has 2 rings (SSSR count). The number of amides is 1. The lowest BCUT2D eigenvalue weighted by Crippen LogP contribution is -2.64. The van der Waals surface area contributed by atoms with Crippen LogP contribution in [0.25, 0.3) is 0 Å². The van der Waals surface area contributed by atoms with Crippen molar-refractivity contribution in [3.63, 3.8) is 0 Å². The highest BCUT2D eigenvalue weighted by Crippen LogP contribution is 2.19. The molecule has 0 unspecified atom stereocenters. The van der Waals surface area contributed by atoms with Crippen LogP contribution in [0, 0.1) is 0 Å². The van der Waals surface area contributed by atoms with E-state index in [1.165, 1.54) is 0 Å². The Morgan fingerprint density at radius 3 is 2.50 bits per heavy atom. The molecule has 0 spiro atoms. The minimum atomic E-state index is -1.57. The summed E-state index contributed by atoms with van der Waals surface area (Å²) < 4.78 is 9.88. The van der Waals surface area contributed by atoms with E-state index in [1.54, 1.807) is 24.3 Å². The average Bonchev–Trinajstić information content (AvgIpc) is 2.54. The zero-order valence-electron chi connectivity index (χ0n) is 11.7. The van der Waals surface area contributed by atoms with E-state index in [0.29, 0.717) is 0 Å². The molecule has 1 fully saturated rings. The van der Waals surface area contributed by atoms with Crippen molar-refractivity contribution < 1.29 is 34.7 Å². The van der Waals surface area contributed by atoms with Crippen LogP contribution in [-0.4, -0.2) is 63.8 Å². The number of benzene rings is 1. The minimum Gasteiger partial charge on any atom is -0.445 e. The molecule has 1 aliphatic rings. The van der Waals surface area contributed by atoms with E-state index in [9.17, 15) is 20.1 Å². The number of ether oxygens (including phenoxy) is 2. The Kier molecular flexibility index (Phi) is 5.69. The lowest BCUT2D eigenvalue weighted by molar-refractivity contribution is -0.253. The van der Waals surface area contributed by atoms with E-state index in [0.717, 1.165) is 5.56 Å². The maximum absolute atomic E-state index is 11.7. The summed E-state index contributed by atoms with van der Waals surface area (Å²) in [7, 11) is 0. The summed E-state index contributed by atoms with van der Waals surface area (Å²) in [6, 6.07) is 7.71. The summed E-state index contributed by atoms with van der Waals surface area (Å²) in [5.74, 6) is 0. The summed E-state index contributed by atoms with van der Waals surface area (Å²) >= 11 is 0. The van der Waals surface area contributed by atoms with Crippen molar-refractivity contribution >= 4 is 6.09 Å². The molecular formula is C14H19NO7. The number of hydrogen-bond acceptors (Lipinski definition) is 7. The molecule has 0 bridgehead atoms. The van der Waals surface area contributed by atoms with Gasteiger partial charge in [0.1, 0.15) is 31.0 Å². The second kappa shape index (κ2) is 7.52. The van der Waals surface area contributed by atoms with E-state index in [2.05, 4.69) is 5.32 Å². The third-order valence-electron chi connectivity index (χ3n) is 3.40. The van der Waals surface area contributed by atoms with Crippen molar-refractivity contribution in [2.45, 2.75) is 37.3 Å². The first kappa shape index (κ1) is 16.7. The number of aliphatic hydroxyl groups is 4. The fraction of sp³-hybridized carbons (Fsp3) is 0.500. The van der Waals surface area contributed by atoms with Crippen molar-refractivity contribution in [2.75, 3.05) is 6.61 Å². The smallest absolute Gasteiger partial charge is 0.407 e. The molecule has 5 N–H and O–H groups in total. The van der Waals surface area contributed by atoms with Crippen LogP contribution in [0.3, 0.4) is 0 Å². The lowest BCUT2D eigenvalue weighted by atomic mass is 9.97. The average molecular weight is 313 g/mol. The molecule has 22 heavy (non-hydrogen) atoms. The van der Waals surface area contributed by atoms with Crippen LogP contribution >= 0.6 is 0 Å². The highest BCUT2D eigenvalue weighted by atomic mass is 16.6. The standard InChI is InChI=1S/C14H19NO7/c16-6-9-11(17)12(18)10(13(19)22-9)15-14(20)21-7-8-4-2-1-3-5-8/h1-5,9-13,16-19H,6-7H2,(H,15,20)/t9-,10-,11+,12-,13+/m0/s1. The van der Waals surface area contributed by atoms with E-state index < -0.39 is 43.3 Å². The first-order chi connectivity index (χ1) is 10.5. The number of hydrogen-bond donors (Lipinski definition) is 5. The van der Waals surface area contributed by atoms with Gasteiger partial charge in [-0.15, -0.1) is 0 Å². The zero-order chi connectivity index (χ0) is 16.1. The predicted octanol–water partition coefficient (Wildman–Crippen LogP) is -1.29. The maximum atomic E-state index is 11.7. The molecule has 8 heteroatoms. The van der Waals surface area contributed by atoms with Crippen LogP contribution in [0.4, 0.5) is 4.79 Å². The molecular weight excluding hydrogens is 294 g/mol. The van der Waals surface area contributed by atoms with Gasteiger partial charge < -0.3 is 35.2 Å². The van der Waals surface area contributed by atoms with Crippen molar-refractivity contribution in [2.24, 2.45) is 0 Å². The third-order valence-corrected chi connectivity index (χ3v) is 3.40. The fourth-order valence-corrected chi connectivity index (χ4v) is 2.15. The zero-order valence-corrected chi connectivity index (χ0v) is 11.7. The van der Waals surface area contributed by atoms with Gasteiger partial charge in [-0.25, -0.2) is 4.79 Å². The quantitative estimate of drug-likeness (QED) is 0.468.